The Morgan fingerprint density at radius 3 is 1.85 bits per heavy atom. The molecule has 1 N–H and O–H groups in total. The molecule has 1 aliphatic heterocycles. The number of aliphatic imine (C=N–C) groups is 2. The van der Waals surface area contributed by atoms with E-state index in [1.807, 2.05) is 30.3 Å². The van der Waals surface area contributed by atoms with E-state index in [1.54, 1.807) is 0 Å². The van der Waals surface area contributed by atoms with Crippen LogP contribution in [0.2, 0.25) is 0 Å². The van der Waals surface area contributed by atoms with E-state index in [9.17, 15) is 0 Å². The smallest absolute Gasteiger partial charge is 0.160 e. The average molecular weight is 668 g/mol. The van der Waals surface area contributed by atoms with Crippen molar-refractivity contribution >= 4 is 77.1 Å². The van der Waals surface area contributed by atoms with E-state index in [0.717, 1.165) is 82.9 Å². The van der Waals surface area contributed by atoms with Crippen LogP contribution in [0.15, 0.2) is 183 Å². The molecule has 2 aromatic heterocycles. The van der Waals surface area contributed by atoms with Gasteiger partial charge in [-0.2, -0.15) is 0 Å². The summed E-state index contributed by atoms with van der Waals surface area (Å²) in [6.07, 6.45) is -0.466. The molecule has 52 heavy (non-hydrogen) atoms. The minimum absolute atomic E-state index is 0.466. The van der Waals surface area contributed by atoms with E-state index >= 15 is 0 Å². The van der Waals surface area contributed by atoms with Crippen molar-refractivity contribution in [3.05, 3.63) is 180 Å². The summed E-state index contributed by atoms with van der Waals surface area (Å²) in [6, 6.07) is 56.9. The predicted molar refractivity (Wildman–Crippen MR) is 213 cm³/mol. The summed E-state index contributed by atoms with van der Waals surface area (Å²) < 4.78 is 13.2. The second kappa shape index (κ2) is 11.3. The molecule has 5 heteroatoms. The van der Waals surface area contributed by atoms with Crippen molar-refractivity contribution in [1.82, 2.24) is 5.32 Å². The number of benzene rings is 8. The second-order valence-corrected chi connectivity index (χ2v) is 13.4. The van der Waals surface area contributed by atoms with Crippen LogP contribution in [0.1, 0.15) is 22.9 Å². The molecule has 244 valence electrons. The molecule has 1 atom stereocenters. The van der Waals surface area contributed by atoms with Crippen molar-refractivity contribution in [1.29, 1.82) is 0 Å². The first-order valence-corrected chi connectivity index (χ1v) is 17.5. The van der Waals surface area contributed by atoms with E-state index < -0.39 is 6.17 Å². The topological polar surface area (TPSA) is 63.0 Å². The summed E-state index contributed by atoms with van der Waals surface area (Å²) in [4.78, 5) is 10.7. The predicted octanol–water partition coefficient (Wildman–Crippen LogP) is 12.0. The third kappa shape index (κ3) is 4.49. The van der Waals surface area contributed by atoms with Gasteiger partial charge in [0, 0.05) is 43.8 Å². The molecule has 0 spiro atoms. The fourth-order valence-corrected chi connectivity index (χ4v) is 7.80. The van der Waals surface area contributed by atoms with Gasteiger partial charge in [-0.1, -0.05) is 127 Å². The maximum atomic E-state index is 6.71. The highest BCUT2D eigenvalue weighted by Crippen LogP contribution is 2.41. The van der Waals surface area contributed by atoms with Crippen LogP contribution in [0, 0.1) is 0 Å². The summed E-state index contributed by atoms with van der Waals surface area (Å²) in [6.45, 7) is 0. The normalized spacial score (nSPS) is 14.7. The molecule has 0 saturated heterocycles. The van der Waals surface area contributed by atoms with Gasteiger partial charge in [-0.25, -0.2) is 9.98 Å². The van der Waals surface area contributed by atoms with Crippen LogP contribution in [0.3, 0.4) is 0 Å². The van der Waals surface area contributed by atoms with Crippen molar-refractivity contribution in [2.45, 2.75) is 6.17 Å². The van der Waals surface area contributed by atoms with Gasteiger partial charge < -0.3 is 14.2 Å². The highest BCUT2D eigenvalue weighted by atomic mass is 16.3. The van der Waals surface area contributed by atoms with Gasteiger partial charge in [0.25, 0.3) is 0 Å². The highest BCUT2D eigenvalue weighted by Gasteiger charge is 2.27. The van der Waals surface area contributed by atoms with Crippen LogP contribution in [-0.4, -0.2) is 11.7 Å². The lowest BCUT2D eigenvalue weighted by atomic mass is 9.96. The van der Waals surface area contributed by atoms with Crippen molar-refractivity contribution < 1.29 is 8.83 Å². The van der Waals surface area contributed by atoms with Gasteiger partial charge in [0.1, 0.15) is 28.2 Å². The molecule has 8 aromatic carbocycles. The molecule has 1 unspecified atom stereocenters. The number of furan rings is 2. The zero-order valence-electron chi connectivity index (χ0n) is 27.9. The lowest BCUT2D eigenvalue weighted by molar-refractivity contribution is 0.628. The van der Waals surface area contributed by atoms with Gasteiger partial charge in [-0.15, -0.1) is 0 Å². The van der Waals surface area contributed by atoms with E-state index in [0.29, 0.717) is 5.84 Å². The van der Waals surface area contributed by atoms with Crippen LogP contribution >= 0.6 is 0 Å². The number of amidine groups is 2. The minimum Gasteiger partial charge on any atom is -0.456 e. The largest absolute Gasteiger partial charge is 0.456 e. The number of nitrogens with one attached hydrogen (secondary N) is 1. The molecular weight excluding hydrogens is 639 g/mol. The summed E-state index contributed by atoms with van der Waals surface area (Å²) in [5, 5.41) is 12.6. The molecule has 3 heterocycles. The van der Waals surface area contributed by atoms with Gasteiger partial charge in [0.2, 0.25) is 0 Å². The van der Waals surface area contributed by atoms with Crippen molar-refractivity contribution in [3.63, 3.8) is 0 Å². The SMILES string of the molecule is c1ccc2cc(C3=NC(c4ccc(-c5ccc6ccccc6c5)c5oc6ccccc6c45)=NC(c4cccc5c4oc4ccccc45)N3)ccc2c1. The molecule has 11 rings (SSSR count). The fraction of sp³-hybridized carbons (Fsp3) is 0.0213. The molecule has 0 fully saturated rings. The number of rotatable bonds is 4. The first kappa shape index (κ1) is 28.8. The van der Waals surface area contributed by atoms with Gasteiger partial charge >= 0.3 is 0 Å². The molecule has 0 radical (unpaired) electrons. The zero-order chi connectivity index (χ0) is 34.2. The number of para-hydroxylation sites is 3. The number of nitrogens with zero attached hydrogens (tertiary/aromatic N) is 2. The number of hydrogen-bond donors (Lipinski definition) is 1. The third-order valence-electron chi connectivity index (χ3n) is 10.3. The zero-order valence-corrected chi connectivity index (χ0v) is 27.9. The molecular formula is C47H29N3O2. The van der Waals surface area contributed by atoms with Crippen molar-refractivity contribution in [2.75, 3.05) is 0 Å². The third-order valence-corrected chi connectivity index (χ3v) is 10.3. The van der Waals surface area contributed by atoms with Gasteiger partial charge in [-0.3, -0.25) is 0 Å². The van der Waals surface area contributed by atoms with Crippen LogP contribution < -0.4 is 5.32 Å². The van der Waals surface area contributed by atoms with E-state index in [1.165, 1.54) is 16.2 Å². The molecule has 0 aliphatic carbocycles. The van der Waals surface area contributed by atoms with Crippen LogP contribution in [0.5, 0.6) is 0 Å². The maximum Gasteiger partial charge on any atom is 0.160 e. The van der Waals surface area contributed by atoms with E-state index in [4.69, 9.17) is 18.8 Å². The molecule has 5 nitrogen and oxygen atoms in total. The minimum atomic E-state index is -0.466. The Balaban J connectivity index is 1.15. The molecule has 1 aliphatic rings. The highest BCUT2D eigenvalue weighted by molar-refractivity contribution is 6.24. The lowest BCUT2D eigenvalue weighted by Gasteiger charge is -2.24. The fourth-order valence-electron chi connectivity index (χ4n) is 7.80. The number of fused-ring (bicyclic) bond motifs is 8. The number of hydrogen-bond acceptors (Lipinski definition) is 5. The Morgan fingerprint density at radius 2 is 1.06 bits per heavy atom. The quantitative estimate of drug-likeness (QED) is 0.203. The standard InChI is InChI=1S/C47H29N3O2/c1-3-12-30-26-32(22-20-28(30)10-1)34-24-25-38(42-37-15-6-8-19-41(37)52-44(34)42)46-48-45(33-23-21-29-11-2-4-13-31(29)27-33)49-47(50-46)39-17-9-16-36-35-14-5-7-18-40(35)51-43(36)39/h1-27,47H,(H,48,49,50). The molecule has 0 bridgehead atoms. The summed E-state index contributed by atoms with van der Waals surface area (Å²) in [5.41, 5.74) is 8.26. The van der Waals surface area contributed by atoms with Crippen molar-refractivity contribution in [3.8, 4) is 11.1 Å². The average Bonchev–Trinajstić information content (AvgIpc) is 3.79. The van der Waals surface area contributed by atoms with Gasteiger partial charge in [0.05, 0.1) is 0 Å². The van der Waals surface area contributed by atoms with Crippen LogP contribution in [-0.2, 0) is 0 Å². The van der Waals surface area contributed by atoms with E-state index in [-0.39, 0.29) is 0 Å². The Hall–Kier alpha value is -6.98. The summed E-state index contributed by atoms with van der Waals surface area (Å²) in [7, 11) is 0. The Kier molecular flexibility index (Phi) is 6.25. The Labute approximate surface area is 298 Å². The van der Waals surface area contributed by atoms with Gasteiger partial charge in [0.15, 0.2) is 12.0 Å². The first-order valence-electron chi connectivity index (χ1n) is 17.5. The van der Waals surface area contributed by atoms with Crippen LogP contribution in [0.4, 0.5) is 0 Å². The summed E-state index contributed by atoms with van der Waals surface area (Å²) >= 11 is 0. The second-order valence-electron chi connectivity index (χ2n) is 13.4. The maximum absolute atomic E-state index is 6.71. The van der Waals surface area contributed by atoms with Crippen molar-refractivity contribution in [2.24, 2.45) is 9.98 Å². The van der Waals surface area contributed by atoms with E-state index in [2.05, 4.69) is 139 Å². The summed E-state index contributed by atoms with van der Waals surface area (Å²) in [5.74, 6) is 1.37. The first-order chi connectivity index (χ1) is 25.7. The lowest BCUT2D eigenvalue weighted by Crippen LogP contribution is -2.33. The monoisotopic (exact) mass is 667 g/mol. The Morgan fingerprint density at radius 1 is 0.462 bits per heavy atom. The van der Waals surface area contributed by atoms with Crippen LogP contribution in [0.25, 0.3) is 76.5 Å². The molecule has 0 amide bonds. The van der Waals surface area contributed by atoms with Gasteiger partial charge in [-0.05, 0) is 63.5 Å². The molecule has 0 saturated carbocycles. The molecule has 10 aromatic rings. The Bertz CT molecular complexity index is 3130.